The fourth-order valence-corrected chi connectivity index (χ4v) is 2.80. The van der Waals surface area contributed by atoms with Crippen LogP contribution < -0.4 is 0 Å². The third-order valence-electron chi connectivity index (χ3n) is 4.14. The Bertz CT molecular complexity index is 530. The molecule has 1 rings (SSSR count). The van der Waals surface area contributed by atoms with Crippen molar-refractivity contribution in [1.82, 2.24) is 0 Å². The first-order valence-corrected chi connectivity index (χ1v) is 10.1. The number of hydrogen-bond acceptors (Lipinski definition) is 4. The molecule has 0 aliphatic heterocycles. The van der Waals surface area contributed by atoms with Crippen molar-refractivity contribution in [2.24, 2.45) is 0 Å². The summed E-state index contributed by atoms with van der Waals surface area (Å²) in [6.07, 6.45) is 8.94. The molecule has 0 bridgehead atoms. The number of carbonyl (C=O) groups is 2. The summed E-state index contributed by atoms with van der Waals surface area (Å²) in [5.74, 6) is -0.719. The fraction of sp³-hybridized carbons (Fsp3) is 0.619. The van der Waals surface area contributed by atoms with Crippen LogP contribution in [-0.2, 0) is 25.5 Å². The minimum Gasteiger partial charge on any atom is -0.466 e. The number of ether oxygens (including phenoxy) is 2. The van der Waals surface area contributed by atoms with Crippen LogP contribution in [0.1, 0.15) is 70.3 Å². The molecule has 0 aromatic heterocycles. The molecule has 5 heteroatoms. The Labute approximate surface area is 162 Å². The van der Waals surface area contributed by atoms with Crippen molar-refractivity contribution in [2.45, 2.75) is 71.1 Å². The number of rotatable bonds is 14. The highest BCUT2D eigenvalue weighted by Crippen LogP contribution is 2.15. The van der Waals surface area contributed by atoms with Crippen LogP contribution in [0.3, 0.4) is 0 Å². The van der Waals surface area contributed by atoms with Crippen LogP contribution in [0.5, 0.6) is 0 Å². The molecule has 1 aromatic carbocycles. The van der Waals surface area contributed by atoms with Crippen LogP contribution >= 0.6 is 11.6 Å². The summed E-state index contributed by atoms with van der Waals surface area (Å²) in [5, 5.41) is 0.664. The maximum atomic E-state index is 11.7. The number of hydrogen-bond donors (Lipinski definition) is 0. The van der Waals surface area contributed by atoms with Gasteiger partial charge in [-0.1, -0.05) is 75.2 Å². The third kappa shape index (κ3) is 11.1. The van der Waals surface area contributed by atoms with Gasteiger partial charge in [0.25, 0.3) is 0 Å². The number of carbonyl (C=O) groups excluding carboxylic acids is 2. The molecule has 0 unspecified atom stereocenters. The quantitative estimate of drug-likeness (QED) is 0.315. The van der Waals surface area contributed by atoms with Gasteiger partial charge in [-0.15, -0.1) is 0 Å². The molecule has 0 atom stereocenters. The molecule has 0 fully saturated rings. The summed E-state index contributed by atoms with van der Waals surface area (Å²) in [4.78, 5) is 23.3. The van der Waals surface area contributed by atoms with Gasteiger partial charge in [-0.3, -0.25) is 9.59 Å². The van der Waals surface area contributed by atoms with Gasteiger partial charge in [-0.2, -0.15) is 0 Å². The first-order chi connectivity index (χ1) is 12.6. The molecule has 0 heterocycles. The molecule has 0 saturated heterocycles. The first kappa shape index (κ1) is 22.5. The normalized spacial score (nSPS) is 10.5. The van der Waals surface area contributed by atoms with Crippen LogP contribution in [0, 0.1) is 0 Å². The zero-order chi connectivity index (χ0) is 19.0. The van der Waals surface area contributed by atoms with Gasteiger partial charge in [0.1, 0.15) is 0 Å². The minimum atomic E-state index is -0.384. The summed E-state index contributed by atoms with van der Waals surface area (Å²) in [6, 6.07) is 7.46. The zero-order valence-electron chi connectivity index (χ0n) is 15.8. The molecular formula is C21H31ClO4. The average Bonchev–Trinajstić information content (AvgIpc) is 2.64. The van der Waals surface area contributed by atoms with Gasteiger partial charge < -0.3 is 9.47 Å². The van der Waals surface area contributed by atoms with Crippen LogP contribution in [0.25, 0.3) is 0 Å². The lowest BCUT2D eigenvalue weighted by atomic mass is 10.1. The Kier molecular flexibility index (Phi) is 12.6. The Morgan fingerprint density at radius 3 is 2.08 bits per heavy atom. The van der Waals surface area contributed by atoms with Crippen molar-refractivity contribution in [1.29, 1.82) is 0 Å². The third-order valence-corrected chi connectivity index (χ3v) is 4.51. The molecule has 0 radical (unpaired) electrons. The van der Waals surface area contributed by atoms with Crippen molar-refractivity contribution in [3.63, 3.8) is 0 Å². The Morgan fingerprint density at radius 2 is 1.42 bits per heavy atom. The van der Waals surface area contributed by atoms with Gasteiger partial charge in [0.05, 0.1) is 26.1 Å². The second-order valence-corrected chi connectivity index (χ2v) is 6.81. The maximum absolute atomic E-state index is 11.7. The van der Waals surface area contributed by atoms with Crippen molar-refractivity contribution in [2.75, 3.05) is 13.2 Å². The molecule has 4 nitrogen and oxygen atoms in total. The number of esters is 2. The number of halogens is 1. The van der Waals surface area contributed by atoms with Crippen LogP contribution in [0.4, 0.5) is 0 Å². The van der Waals surface area contributed by atoms with Crippen LogP contribution in [0.15, 0.2) is 24.3 Å². The molecule has 0 saturated carbocycles. The molecule has 0 spiro atoms. The van der Waals surface area contributed by atoms with E-state index in [1.165, 1.54) is 32.1 Å². The molecule has 26 heavy (non-hydrogen) atoms. The fourth-order valence-electron chi connectivity index (χ4n) is 2.57. The van der Waals surface area contributed by atoms with E-state index in [1.54, 1.807) is 6.07 Å². The summed E-state index contributed by atoms with van der Waals surface area (Å²) in [5.41, 5.74) is 0.941. The molecule has 0 aliphatic carbocycles. The van der Waals surface area contributed by atoms with Crippen molar-refractivity contribution in [3.8, 4) is 0 Å². The van der Waals surface area contributed by atoms with Gasteiger partial charge in [0.15, 0.2) is 0 Å². The Hall–Kier alpha value is -1.55. The standard InChI is InChI=1S/C21H31ClO4/c1-2-3-4-5-6-7-10-16-25-20(23)13-14-21(24)26-17-15-18-11-8-9-12-19(18)22/h8-9,11-12H,2-7,10,13-17H2,1H3. The van der Waals surface area contributed by atoms with E-state index >= 15 is 0 Å². The van der Waals surface area contributed by atoms with Crippen molar-refractivity contribution < 1.29 is 19.1 Å². The predicted molar refractivity (Wildman–Crippen MR) is 104 cm³/mol. The highest BCUT2D eigenvalue weighted by Gasteiger charge is 2.09. The number of unbranched alkanes of at least 4 members (excludes halogenated alkanes) is 6. The van der Waals surface area contributed by atoms with Crippen LogP contribution in [-0.4, -0.2) is 25.2 Å². The van der Waals surface area contributed by atoms with Crippen molar-refractivity contribution in [3.05, 3.63) is 34.9 Å². The topological polar surface area (TPSA) is 52.6 Å². The predicted octanol–water partition coefficient (Wildman–Crippen LogP) is 5.50. The largest absolute Gasteiger partial charge is 0.466 e. The lowest BCUT2D eigenvalue weighted by Crippen LogP contribution is -2.12. The lowest BCUT2D eigenvalue weighted by Gasteiger charge is -2.07. The van der Waals surface area contributed by atoms with E-state index in [1.807, 2.05) is 18.2 Å². The first-order valence-electron chi connectivity index (χ1n) is 9.68. The van der Waals surface area contributed by atoms with E-state index < -0.39 is 0 Å². The van der Waals surface area contributed by atoms with Gasteiger partial charge in [-0.05, 0) is 18.1 Å². The SMILES string of the molecule is CCCCCCCCCOC(=O)CCC(=O)OCCc1ccccc1Cl. The molecule has 0 aliphatic rings. The summed E-state index contributed by atoms with van der Waals surface area (Å²) >= 11 is 6.04. The second-order valence-electron chi connectivity index (χ2n) is 6.40. The highest BCUT2D eigenvalue weighted by molar-refractivity contribution is 6.31. The Morgan fingerprint density at radius 1 is 0.846 bits per heavy atom. The van der Waals surface area contributed by atoms with E-state index in [9.17, 15) is 9.59 Å². The summed E-state index contributed by atoms with van der Waals surface area (Å²) in [6.45, 7) is 2.90. The molecule has 0 amide bonds. The van der Waals surface area contributed by atoms with E-state index in [4.69, 9.17) is 21.1 Å². The number of benzene rings is 1. The van der Waals surface area contributed by atoms with Gasteiger partial charge >= 0.3 is 11.9 Å². The smallest absolute Gasteiger partial charge is 0.306 e. The van der Waals surface area contributed by atoms with Crippen LogP contribution in [0.2, 0.25) is 5.02 Å². The average molecular weight is 383 g/mol. The van der Waals surface area contributed by atoms with E-state index in [0.717, 1.165) is 18.4 Å². The molecular weight excluding hydrogens is 352 g/mol. The van der Waals surface area contributed by atoms with E-state index in [2.05, 4.69) is 6.92 Å². The minimum absolute atomic E-state index is 0.0539. The second kappa shape index (κ2) is 14.6. The van der Waals surface area contributed by atoms with Crippen molar-refractivity contribution >= 4 is 23.5 Å². The Balaban J connectivity index is 1.99. The summed E-state index contributed by atoms with van der Waals surface area (Å²) < 4.78 is 10.3. The van der Waals surface area contributed by atoms with Gasteiger partial charge in [-0.25, -0.2) is 0 Å². The van der Waals surface area contributed by atoms with Gasteiger partial charge in [0.2, 0.25) is 0 Å². The van der Waals surface area contributed by atoms with E-state index in [0.29, 0.717) is 18.1 Å². The molecule has 0 N–H and O–H groups in total. The molecule has 146 valence electrons. The monoisotopic (exact) mass is 382 g/mol. The zero-order valence-corrected chi connectivity index (χ0v) is 16.6. The maximum Gasteiger partial charge on any atom is 0.306 e. The lowest BCUT2D eigenvalue weighted by molar-refractivity contribution is -0.150. The summed E-state index contributed by atoms with van der Waals surface area (Å²) in [7, 11) is 0. The van der Waals surface area contributed by atoms with Gasteiger partial charge in [0, 0.05) is 11.4 Å². The highest BCUT2D eigenvalue weighted by atomic mass is 35.5. The van der Waals surface area contributed by atoms with E-state index in [-0.39, 0.29) is 31.4 Å². The molecule has 1 aromatic rings.